The SMILES string of the molecule is CC(=O)C(C)(C)Oc1ccc(C)cc1F. The Kier molecular flexibility index (Phi) is 3.12. The molecule has 0 saturated carbocycles. The topological polar surface area (TPSA) is 26.3 Å². The smallest absolute Gasteiger partial charge is 0.172 e. The van der Waals surface area contributed by atoms with E-state index in [1.807, 2.05) is 0 Å². The highest BCUT2D eigenvalue weighted by atomic mass is 19.1. The summed E-state index contributed by atoms with van der Waals surface area (Å²) in [5.74, 6) is -0.465. The Bertz CT molecular complexity index is 383. The number of aryl methyl sites for hydroxylation is 1. The molecule has 1 aromatic rings. The third-order valence-corrected chi connectivity index (χ3v) is 2.30. The van der Waals surface area contributed by atoms with Crippen molar-refractivity contribution in [2.75, 3.05) is 0 Å². The molecule has 2 nitrogen and oxygen atoms in total. The standard InChI is InChI=1S/C12H15FO2/c1-8-5-6-11(10(13)7-8)15-12(3,4)9(2)14/h5-7H,1-4H3. The number of halogens is 1. The molecular weight excluding hydrogens is 195 g/mol. The molecule has 0 aliphatic carbocycles. The Hall–Kier alpha value is -1.38. The Morgan fingerprint density at radius 3 is 2.47 bits per heavy atom. The lowest BCUT2D eigenvalue weighted by Gasteiger charge is -2.23. The van der Waals surface area contributed by atoms with Crippen molar-refractivity contribution in [2.45, 2.75) is 33.3 Å². The van der Waals surface area contributed by atoms with Crippen LogP contribution in [-0.2, 0) is 4.79 Å². The normalized spacial score (nSPS) is 11.3. The lowest BCUT2D eigenvalue weighted by Crippen LogP contribution is -2.36. The molecule has 0 saturated heterocycles. The zero-order valence-corrected chi connectivity index (χ0v) is 9.43. The molecule has 3 heteroatoms. The summed E-state index contributed by atoms with van der Waals surface area (Å²) in [5.41, 5.74) is -0.170. The number of ketones is 1. The first kappa shape index (κ1) is 11.7. The van der Waals surface area contributed by atoms with Gasteiger partial charge in [-0.15, -0.1) is 0 Å². The summed E-state index contributed by atoms with van der Waals surface area (Å²) in [5, 5.41) is 0. The fraction of sp³-hybridized carbons (Fsp3) is 0.417. The van der Waals surface area contributed by atoms with Gasteiger partial charge in [0.15, 0.2) is 23.0 Å². The van der Waals surface area contributed by atoms with Gasteiger partial charge in [0.2, 0.25) is 0 Å². The molecule has 0 bridgehead atoms. The van der Waals surface area contributed by atoms with Crippen LogP contribution in [0, 0.1) is 12.7 Å². The molecule has 0 amide bonds. The van der Waals surface area contributed by atoms with Crippen LogP contribution in [0.1, 0.15) is 26.3 Å². The fourth-order valence-electron chi connectivity index (χ4n) is 1.04. The number of benzene rings is 1. The summed E-state index contributed by atoms with van der Waals surface area (Å²) < 4.78 is 18.7. The van der Waals surface area contributed by atoms with Gasteiger partial charge < -0.3 is 4.74 Å². The van der Waals surface area contributed by atoms with E-state index in [0.29, 0.717) is 0 Å². The van der Waals surface area contributed by atoms with Gasteiger partial charge in [0.1, 0.15) is 0 Å². The monoisotopic (exact) mass is 210 g/mol. The minimum absolute atomic E-state index is 0.112. The van der Waals surface area contributed by atoms with Gasteiger partial charge in [0.05, 0.1) is 0 Å². The van der Waals surface area contributed by atoms with Gasteiger partial charge in [-0.05, 0) is 45.4 Å². The second kappa shape index (κ2) is 4.01. The van der Waals surface area contributed by atoms with Crippen LogP contribution in [-0.4, -0.2) is 11.4 Å². The molecule has 0 spiro atoms. The average molecular weight is 210 g/mol. The molecule has 0 fully saturated rings. The highest BCUT2D eigenvalue weighted by molar-refractivity contribution is 5.84. The summed E-state index contributed by atoms with van der Waals surface area (Å²) in [6.45, 7) is 6.46. The third-order valence-electron chi connectivity index (χ3n) is 2.30. The van der Waals surface area contributed by atoms with E-state index in [-0.39, 0.29) is 11.5 Å². The molecule has 0 aromatic heterocycles. The largest absolute Gasteiger partial charge is 0.477 e. The van der Waals surface area contributed by atoms with Crippen molar-refractivity contribution in [3.05, 3.63) is 29.6 Å². The molecule has 0 radical (unpaired) electrons. The van der Waals surface area contributed by atoms with Crippen LogP contribution in [0.2, 0.25) is 0 Å². The number of hydrogen-bond acceptors (Lipinski definition) is 2. The molecular formula is C12H15FO2. The third kappa shape index (κ3) is 2.78. The van der Waals surface area contributed by atoms with Gasteiger partial charge in [0, 0.05) is 0 Å². The van der Waals surface area contributed by atoms with Gasteiger partial charge in [-0.2, -0.15) is 0 Å². The zero-order valence-electron chi connectivity index (χ0n) is 9.43. The van der Waals surface area contributed by atoms with Crippen LogP contribution >= 0.6 is 0 Å². The van der Waals surface area contributed by atoms with E-state index in [0.717, 1.165) is 5.56 Å². The molecule has 1 aromatic carbocycles. The number of carbonyl (C=O) groups excluding carboxylic acids is 1. The van der Waals surface area contributed by atoms with Gasteiger partial charge in [-0.3, -0.25) is 4.79 Å². The predicted molar refractivity (Wildman–Crippen MR) is 56.5 cm³/mol. The van der Waals surface area contributed by atoms with Gasteiger partial charge >= 0.3 is 0 Å². The van der Waals surface area contributed by atoms with Crippen molar-refractivity contribution < 1.29 is 13.9 Å². The lowest BCUT2D eigenvalue weighted by atomic mass is 10.1. The van der Waals surface area contributed by atoms with Crippen molar-refractivity contribution in [3.63, 3.8) is 0 Å². The zero-order chi connectivity index (χ0) is 11.6. The first-order valence-electron chi connectivity index (χ1n) is 4.79. The number of rotatable bonds is 3. The molecule has 0 atom stereocenters. The number of ether oxygens (including phenoxy) is 1. The molecule has 0 aliphatic rings. The summed E-state index contributed by atoms with van der Waals surface area (Å²) in [7, 11) is 0. The maximum atomic E-state index is 13.4. The molecule has 0 aliphatic heterocycles. The summed E-state index contributed by atoms with van der Waals surface area (Å²) in [4.78, 5) is 11.2. The molecule has 0 heterocycles. The van der Waals surface area contributed by atoms with Crippen molar-refractivity contribution in [2.24, 2.45) is 0 Å². The predicted octanol–water partition coefficient (Wildman–Crippen LogP) is 2.88. The molecule has 1 rings (SSSR count). The number of Topliss-reactive ketones (excluding diaryl/α,β-unsaturated/α-hetero) is 1. The van der Waals surface area contributed by atoms with Crippen molar-refractivity contribution in [3.8, 4) is 5.75 Å². The van der Waals surface area contributed by atoms with Crippen molar-refractivity contribution >= 4 is 5.78 Å². The van der Waals surface area contributed by atoms with E-state index in [1.165, 1.54) is 19.1 Å². The number of hydrogen-bond donors (Lipinski definition) is 0. The maximum absolute atomic E-state index is 13.4. The highest BCUT2D eigenvalue weighted by Gasteiger charge is 2.26. The van der Waals surface area contributed by atoms with E-state index in [4.69, 9.17) is 4.74 Å². The van der Waals surface area contributed by atoms with Gasteiger partial charge in [0.25, 0.3) is 0 Å². The molecule has 15 heavy (non-hydrogen) atoms. The second-order valence-corrected chi connectivity index (χ2v) is 4.10. The average Bonchev–Trinajstić information content (AvgIpc) is 2.09. The molecule has 0 N–H and O–H groups in total. The van der Waals surface area contributed by atoms with E-state index in [9.17, 15) is 9.18 Å². The first-order chi connectivity index (χ1) is 6.83. The van der Waals surface area contributed by atoms with Crippen LogP contribution in [0.25, 0.3) is 0 Å². The van der Waals surface area contributed by atoms with Crippen LogP contribution in [0.15, 0.2) is 18.2 Å². The second-order valence-electron chi connectivity index (χ2n) is 4.10. The minimum Gasteiger partial charge on any atom is -0.477 e. The fourth-order valence-corrected chi connectivity index (χ4v) is 1.04. The highest BCUT2D eigenvalue weighted by Crippen LogP contribution is 2.23. The van der Waals surface area contributed by atoms with Crippen LogP contribution < -0.4 is 4.74 Å². The summed E-state index contributed by atoms with van der Waals surface area (Å²) in [6.07, 6.45) is 0. The maximum Gasteiger partial charge on any atom is 0.172 e. The Labute approximate surface area is 89.1 Å². The van der Waals surface area contributed by atoms with Gasteiger partial charge in [-0.1, -0.05) is 6.07 Å². The van der Waals surface area contributed by atoms with E-state index >= 15 is 0 Å². The Balaban J connectivity index is 2.95. The van der Waals surface area contributed by atoms with Crippen LogP contribution in [0.4, 0.5) is 4.39 Å². The first-order valence-corrected chi connectivity index (χ1v) is 4.79. The van der Waals surface area contributed by atoms with Gasteiger partial charge in [-0.25, -0.2) is 4.39 Å². The van der Waals surface area contributed by atoms with E-state index in [2.05, 4.69) is 0 Å². The lowest BCUT2D eigenvalue weighted by molar-refractivity contribution is -0.129. The van der Waals surface area contributed by atoms with Crippen molar-refractivity contribution in [1.82, 2.24) is 0 Å². The summed E-state index contributed by atoms with van der Waals surface area (Å²) >= 11 is 0. The Morgan fingerprint density at radius 2 is 2.00 bits per heavy atom. The molecule has 0 unspecified atom stereocenters. The molecule has 82 valence electrons. The Morgan fingerprint density at radius 1 is 1.40 bits per heavy atom. The van der Waals surface area contributed by atoms with E-state index < -0.39 is 11.4 Å². The quantitative estimate of drug-likeness (QED) is 0.766. The minimum atomic E-state index is -0.990. The van der Waals surface area contributed by atoms with Crippen LogP contribution in [0.5, 0.6) is 5.75 Å². The van der Waals surface area contributed by atoms with Crippen LogP contribution in [0.3, 0.4) is 0 Å². The summed E-state index contributed by atoms with van der Waals surface area (Å²) in [6, 6.07) is 4.66. The van der Waals surface area contributed by atoms with E-state index in [1.54, 1.807) is 26.8 Å². The number of carbonyl (C=O) groups is 1. The van der Waals surface area contributed by atoms with Crippen molar-refractivity contribution in [1.29, 1.82) is 0 Å².